The summed E-state index contributed by atoms with van der Waals surface area (Å²) in [5, 5.41) is 2.36. The van der Waals surface area contributed by atoms with E-state index >= 15 is 0 Å². The van der Waals surface area contributed by atoms with Crippen molar-refractivity contribution < 1.29 is 18.7 Å². The van der Waals surface area contributed by atoms with Crippen LogP contribution in [0.1, 0.15) is 80.1 Å². The van der Waals surface area contributed by atoms with E-state index in [0.29, 0.717) is 12.8 Å². The van der Waals surface area contributed by atoms with E-state index in [0.717, 1.165) is 18.4 Å². The Bertz CT molecular complexity index is 2110. The Hall–Kier alpha value is -4.45. The number of nitrogens with zero attached hydrogens (tertiary/aromatic N) is 4. The number of aromatic nitrogens is 2. The van der Waals surface area contributed by atoms with Crippen LogP contribution in [0.4, 0.5) is 0 Å². The Morgan fingerprint density at radius 2 is 1.57 bits per heavy atom. The third kappa shape index (κ3) is 2.53. The molecule has 6 nitrogen and oxygen atoms in total. The molecule has 0 aliphatic carbocycles. The van der Waals surface area contributed by atoms with Crippen molar-refractivity contribution >= 4 is 47.8 Å². The van der Waals surface area contributed by atoms with E-state index in [1.165, 1.54) is 91.0 Å². The first-order chi connectivity index (χ1) is 20.3. The average molecular weight is 557 g/mol. The first-order valence-corrected chi connectivity index (χ1v) is 15.0. The highest BCUT2D eigenvalue weighted by atomic mass is 16.5. The molecular formula is C36H36N4O2+2. The first-order valence-electron chi connectivity index (χ1n) is 15.0. The summed E-state index contributed by atoms with van der Waals surface area (Å²) in [6.07, 6.45) is 16.5. The second-order valence-electron chi connectivity index (χ2n) is 12.1. The highest BCUT2D eigenvalue weighted by Crippen LogP contribution is 2.51. The van der Waals surface area contributed by atoms with Gasteiger partial charge in [-0.05, 0) is 57.7 Å². The topological polar surface area (TPSA) is 42.2 Å². The van der Waals surface area contributed by atoms with Crippen molar-refractivity contribution in [2.75, 3.05) is 7.11 Å². The lowest BCUT2D eigenvalue weighted by atomic mass is 9.96. The number of rotatable bonds is 7. The number of hydrogen-bond acceptors (Lipinski definition) is 2. The fourth-order valence-electron chi connectivity index (χ4n) is 8.47. The summed E-state index contributed by atoms with van der Waals surface area (Å²) in [4.78, 5) is 12.4. The van der Waals surface area contributed by atoms with Gasteiger partial charge in [0, 0.05) is 52.0 Å². The third-order valence-corrected chi connectivity index (χ3v) is 10.4. The van der Waals surface area contributed by atoms with Crippen LogP contribution >= 0.6 is 0 Å². The molecule has 6 heteroatoms. The molecule has 0 saturated heterocycles. The zero-order chi connectivity index (χ0) is 29.4. The van der Waals surface area contributed by atoms with Crippen LogP contribution in [-0.2, 0) is 15.4 Å². The van der Waals surface area contributed by atoms with Crippen LogP contribution in [0.5, 0.6) is 0 Å². The molecule has 0 amide bonds. The largest absolute Gasteiger partial charge is 0.553 e. The summed E-state index contributed by atoms with van der Waals surface area (Å²) in [7, 11) is 1.47. The second kappa shape index (κ2) is 8.09. The van der Waals surface area contributed by atoms with Gasteiger partial charge in [0.2, 0.25) is 22.8 Å². The Balaban J connectivity index is 1.60. The van der Waals surface area contributed by atoms with Gasteiger partial charge in [-0.3, -0.25) is 4.79 Å². The monoisotopic (exact) mass is 556 g/mol. The summed E-state index contributed by atoms with van der Waals surface area (Å²) in [5.41, 5.74) is 17.2. The van der Waals surface area contributed by atoms with E-state index in [4.69, 9.17) is 4.74 Å². The van der Waals surface area contributed by atoms with Gasteiger partial charge in [0.25, 0.3) is 0 Å². The zero-order valence-electron chi connectivity index (χ0n) is 25.3. The van der Waals surface area contributed by atoms with Crippen molar-refractivity contribution in [2.45, 2.75) is 66.2 Å². The van der Waals surface area contributed by atoms with Crippen LogP contribution in [-0.4, -0.2) is 42.8 Å². The molecule has 1 atom stereocenters. The highest BCUT2D eigenvalue weighted by Gasteiger charge is 2.72. The maximum atomic E-state index is 12.4. The lowest BCUT2D eigenvalue weighted by Crippen LogP contribution is -2.70. The SMILES string of the molecule is C=Cc1c(C)c2n3c1C=c1c(C)c(C=C)c4n1[C@@]31[N+]3=C(C=4)C(C)=C(CCC(=O)OC)C3=CC3=[N+]1C(=C2)C(C)=C3CCC. The summed E-state index contributed by atoms with van der Waals surface area (Å²) in [6.45, 7) is 19.7. The second-order valence-corrected chi connectivity index (χ2v) is 12.1. The van der Waals surface area contributed by atoms with Crippen molar-refractivity contribution in [3.8, 4) is 0 Å². The van der Waals surface area contributed by atoms with Crippen molar-refractivity contribution in [1.82, 2.24) is 9.13 Å². The molecule has 0 aromatic carbocycles. The Morgan fingerprint density at radius 1 is 0.833 bits per heavy atom. The molecule has 6 aliphatic rings. The summed E-state index contributed by atoms with van der Waals surface area (Å²) < 4.78 is 15.3. The molecule has 0 N–H and O–H groups in total. The standard InChI is InChI=1S/C36H36N4O2/c1-9-12-25-21(6)28-15-27-19(4)23(10-2)31-16-29-20(5)24(11-3)32-17-30-22(7)26(13-14-35(41)42-8)34-18-33(25)39(28)36(37(27)31,38(29)32)40(30)34/h10-11,15-18H,2-3,9,12-14H2,1,4-8H3/q+2/t36-/m0/s1. The molecule has 0 saturated carbocycles. The molecule has 2 aromatic rings. The van der Waals surface area contributed by atoms with E-state index in [2.05, 4.69) is 90.4 Å². The van der Waals surface area contributed by atoms with E-state index in [-0.39, 0.29) is 5.97 Å². The smallest absolute Gasteiger partial charge is 0.469 e. The predicted molar refractivity (Wildman–Crippen MR) is 167 cm³/mol. The van der Waals surface area contributed by atoms with Crippen molar-refractivity contribution in [2.24, 2.45) is 0 Å². The summed E-state index contributed by atoms with van der Waals surface area (Å²) in [5.74, 6) is -0.920. The third-order valence-electron chi connectivity index (χ3n) is 10.4. The van der Waals surface area contributed by atoms with Crippen LogP contribution < -0.4 is 10.7 Å². The lowest BCUT2D eigenvalue weighted by molar-refractivity contribution is -0.837. The van der Waals surface area contributed by atoms with Crippen LogP contribution in [0.3, 0.4) is 0 Å². The number of allylic oxidation sites excluding steroid dienone is 5. The van der Waals surface area contributed by atoms with Gasteiger partial charge in [-0.1, -0.05) is 47.8 Å². The molecule has 8 heterocycles. The van der Waals surface area contributed by atoms with Gasteiger partial charge in [-0.15, -0.1) is 0 Å². The fraction of sp³-hybridized carbons (Fsp3) is 0.306. The number of methoxy groups -OCH3 is 1. The number of hydrogen-bond donors (Lipinski definition) is 0. The number of esters is 1. The minimum Gasteiger partial charge on any atom is -0.469 e. The van der Waals surface area contributed by atoms with Gasteiger partial charge in [-0.2, -0.15) is 9.13 Å². The normalized spacial score (nSPS) is 21.7. The summed E-state index contributed by atoms with van der Waals surface area (Å²) >= 11 is 0. The molecule has 0 radical (unpaired) electrons. The molecule has 6 aliphatic heterocycles. The molecule has 42 heavy (non-hydrogen) atoms. The van der Waals surface area contributed by atoms with Crippen molar-refractivity contribution in [3.63, 3.8) is 0 Å². The van der Waals surface area contributed by atoms with Gasteiger partial charge in [0.1, 0.15) is 0 Å². The van der Waals surface area contributed by atoms with Crippen LogP contribution in [0, 0.1) is 13.8 Å². The maximum absolute atomic E-state index is 12.4. The van der Waals surface area contributed by atoms with Crippen LogP contribution in [0.15, 0.2) is 52.9 Å². The molecule has 0 bridgehead atoms. The Morgan fingerprint density at radius 3 is 2.26 bits per heavy atom. The molecule has 1 spiro atoms. The van der Waals surface area contributed by atoms with Crippen molar-refractivity contribution in [3.05, 3.63) is 97.3 Å². The average Bonchev–Trinajstić information content (AvgIpc) is 3.62. The predicted octanol–water partition coefficient (Wildman–Crippen LogP) is 4.82. The molecular weight excluding hydrogens is 520 g/mol. The Kier molecular flexibility index (Phi) is 4.87. The molecule has 210 valence electrons. The molecule has 0 unspecified atom stereocenters. The van der Waals surface area contributed by atoms with Crippen LogP contribution in [0.2, 0.25) is 0 Å². The quantitative estimate of drug-likeness (QED) is 0.363. The maximum Gasteiger partial charge on any atom is 0.553 e. The molecule has 8 rings (SSSR count). The van der Waals surface area contributed by atoms with Crippen molar-refractivity contribution in [1.29, 1.82) is 0 Å². The Labute approximate surface area is 245 Å². The lowest BCUT2D eigenvalue weighted by Gasteiger charge is -2.38. The number of carbonyl (C=O) groups excluding carboxylic acids is 1. The zero-order valence-corrected chi connectivity index (χ0v) is 25.3. The van der Waals surface area contributed by atoms with E-state index in [1.807, 2.05) is 12.2 Å². The van der Waals surface area contributed by atoms with E-state index in [1.54, 1.807) is 0 Å². The minimum atomic E-state index is -0.735. The fourth-order valence-corrected chi connectivity index (χ4v) is 8.47. The van der Waals surface area contributed by atoms with E-state index < -0.39 is 5.91 Å². The van der Waals surface area contributed by atoms with Gasteiger partial charge < -0.3 is 4.74 Å². The van der Waals surface area contributed by atoms with Gasteiger partial charge >= 0.3 is 11.9 Å². The first kappa shape index (κ1) is 25.3. The minimum absolute atomic E-state index is 0.184. The van der Waals surface area contributed by atoms with Gasteiger partial charge in [0.15, 0.2) is 0 Å². The molecule has 0 fully saturated rings. The van der Waals surface area contributed by atoms with E-state index in [9.17, 15) is 4.79 Å². The highest BCUT2D eigenvalue weighted by molar-refractivity contribution is 6.20. The van der Waals surface area contributed by atoms with Gasteiger partial charge in [0.05, 0.1) is 35.3 Å². The summed E-state index contributed by atoms with van der Waals surface area (Å²) in [6, 6.07) is 0. The van der Waals surface area contributed by atoms with Gasteiger partial charge in [-0.25, -0.2) is 0 Å². The number of ether oxygens (including phenoxy) is 1. The number of carbonyl (C=O) groups is 1. The molecule has 2 aromatic heterocycles. The van der Waals surface area contributed by atoms with Crippen LogP contribution in [0.25, 0.3) is 30.4 Å².